The number of carbonyl (C=O) groups excluding carboxylic acids is 2. The molecule has 1 aromatic rings. The minimum atomic E-state index is -0.186. The number of hydrogen-bond acceptors (Lipinski definition) is 3. The molecule has 0 bridgehead atoms. The lowest BCUT2D eigenvalue weighted by Gasteiger charge is -2.00. The van der Waals surface area contributed by atoms with Gasteiger partial charge in [0.25, 0.3) is 0 Å². The van der Waals surface area contributed by atoms with Crippen molar-refractivity contribution in [2.24, 2.45) is 5.92 Å². The standard InChI is InChI=1S/C13H11NO2/c14-8-9-2-1-3-11(6-9)13(16)7-12(15)10-4-5-10/h1-3,6,10H,4-5,7H2. The zero-order valence-corrected chi connectivity index (χ0v) is 8.77. The first kappa shape index (κ1) is 10.6. The third-order valence-corrected chi connectivity index (χ3v) is 2.68. The Balaban J connectivity index is 2.08. The molecule has 1 fully saturated rings. The number of nitriles is 1. The molecule has 1 saturated carbocycles. The zero-order valence-electron chi connectivity index (χ0n) is 8.77. The minimum absolute atomic E-state index is 0.0282. The van der Waals surface area contributed by atoms with E-state index < -0.39 is 0 Å². The highest BCUT2D eigenvalue weighted by Crippen LogP contribution is 2.31. The van der Waals surface area contributed by atoms with Crippen LogP contribution in [-0.4, -0.2) is 11.6 Å². The van der Waals surface area contributed by atoms with Gasteiger partial charge in [0, 0.05) is 11.5 Å². The Bertz CT molecular complexity index is 481. The van der Waals surface area contributed by atoms with Crippen LogP contribution in [0.3, 0.4) is 0 Å². The first-order valence-electron chi connectivity index (χ1n) is 5.27. The van der Waals surface area contributed by atoms with Crippen molar-refractivity contribution in [1.82, 2.24) is 0 Å². The zero-order chi connectivity index (χ0) is 11.5. The van der Waals surface area contributed by atoms with Gasteiger partial charge in [0.15, 0.2) is 5.78 Å². The second kappa shape index (κ2) is 4.28. The lowest BCUT2D eigenvalue weighted by atomic mass is 10.0. The highest BCUT2D eigenvalue weighted by molar-refractivity contribution is 6.09. The molecule has 0 aromatic heterocycles. The summed E-state index contributed by atoms with van der Waals surface area (Å²) in [5, 5.41) is 8.70. The highest BCUT2D eigenvalue weighted by atomic mass is 16.1. The van der Waals surface area contributed by atoms with Crippen LogP contribution in [0.4, 0.5) is 0 Å². The van der Waals surface area contributed by atoms with E-state index in [0.717, 1.165) is 12.8 Å². The summed E-state index contributed by atoms with van der Waals surface area (Å²) >= 11 is 0. The molecule has 0 radical (unpaired) electrons. The van der Waals surface area contributed by atoms with Gasteiger partial charge in [0.2, 0.25) is 0 Å². The molecule has 16 heavy (non-hydrogen) atoms. The Labute approximate surface area is 93.7 Å². The lowest BCUT2D eigenvalue weighted by Crippen LogP contribution is -2.09. The quantitative estimate of drug-likeness (QED) is 0.568. The van der Waals surface area contributed by atoms with Crippen molar-refractivity contribution in [2.75, 3.05) is 0 Å². The van der Waals surface area contributed by atoms with Crippen LogP contribution in [0, 0.1) is 17.2 Å². The van der Waals surface area contributed by atoms with Crippen molar-refractivity contribution in [2.45, 2.75) is 19.3 Å². The van der Waals surface area contributed by atoms with Crippen molar-refractivity contribution < 1.29 is 9.59 Å². The van der Waals surface area contributed by atoms with Crippen LogP contribution >= 0.6 is 0 Å². The Morgan fingerprint density at radius 3 is 2.75 bits per heavy atom. The van der Waals surface area contributed by atoms with Gasteiger partial charge in [-0.25, -0.2) is 0 Å². The van der Waals surface area contributed by atoms with E-state index in [-0.39, 0.29) is 23.9 Å². The van der Waals surface area contributed by atoms with Crippen molar-refractivity contribution in [3.63, 3.8) is 0 Å². The van der Waals surface area contributed by atoms with Gasteiger partial charge in [-0.15, -0.1) is 0 Å². The SMILES string of the molecule is N#Cc1cccc(C(=O)CC(=O)C2CC2)c1. The van der Waals surface area contributed by atoms with E-state index in [2.05, 4.69) is 0 Å². The second-order valence-electron chi connectivity index (χ2n) is 4.03. The van der Waals surface area contributed by atoms with Gasteiger partial charge >= 0.3 is 0 Å². The number of rotatable bonds is 4. The van der Waals surface area contributed by atoms with Crippen molar-refractivity contribution in [3.8, 4) is 6.07 Å². The van der Waals surface area contributed by atoms with E-state index in [1.54, 1.807) is 18.2 Å². The molecule has 0 amide bonds. The van der Waals surface area contributed by atoms with Gasteiger partial charge in [-0.2, -0.15) is 5.26 Å². The number of benzene rings is 1. The Morgan fingerprint density at radius 2 is 2.12 bits per heavy atom. The molecular formula is C13H11NO2. The van der Waals surface area contributed by atoms with Gasteiger partial charge < -0.3 is 0 Å². The Morgan fingerprint density at radius 1 is 1.38 bits per heavy atom. The summed E-state index contributed by atoms with van der Waals surface area (Å²) in [4.78, 5) is 23.2. The van der Waals surface area contributed by atoms with Crippen LogP contribution in [0.1, 0.15) is 35.2 Å². The number of ketones is 2. The highest BCUT2D eigenvalue weighted by Gasteiger charge is 2.30. The maximum atomic E-state index is 11.7. The molecule has 2 rings (SSSR count). The molecule has 0 N–H and O–H groups in total. The Kier molecular flexibility index (Phi) is 2.82. The molecule has 3 heteroatoms. The summed E-state index contributed by atoms with van der Waals surface area (Å²) in [7, 11) is 0. The fourth-order valence-electron chi connectivity index (χ4n) is 1.57. The van der Waals surface area contributed by atoms with Gasteiger partial charge in [0.1, 0.15) is 5.78 Å². The molecule has 0 atom stereocenters. The molecule has 0 saturated heterocycles. The minimum Gasteiger partial charge on any atom is -0.299 e. The van der Waals surface area contributed by atoms with E-state index in [9.17, 15) is 9.59 Å². The summed E-state index contributed by atoms with van der Waals surface area (Å²) in [5.41, 5.74) is 0.901. The van der Waals surface area contributed by atoms with Crippen LogP contribution in [0.25, 0.3) is 0 Å². The van der Waals surface area contributed by atoms with Crippen LogP contribution < -0.4 is 0 Å². The molecule has 0 heterocycles. The van der Waals surface area contributed by atoms with E-state index in [4.69, 9.17) is 5.26 Å². The Hall–Kier alpha value is -1.95. The van der Waals surface area contributed by atoms with Gasteiger partial charge in [0.05, 0.1) is 18.1 Å². The van der Waals surface area contributed by atoms with E-state index in [0.29, 0.717) is 11.1 Å². The third-order valence-electron chi connectivity index (χ3n) is 2.68. The largest absolute Gasteiger partial charge is 0.299 e. The van der Waals surface area contributed by atoms with Gasteiger partial charge in [-0.3, -0.25) is 9.59 Å². The van der Waals surface area contributed by atoms with Crippen LogP contribution in [0.15, 0.2) is 24.3 Å². The molecule has 80 valence electrons. The molecule has 1 aliphatic carbocycles. The summed E-state index contributed by atoms with van der Waals surface area (Å²) in [6.45, 7) is 0. The van der Waals surface area contributed by atoms with E-state index in [1.165, 1.54) is 6.07 Å². The molecule has 0 aliphatic heterocycles. The fraction of sp³-hybridized carbons (Fsp3) is 0.308. The third kappa shape index (κ3) is 2.34. The maximum Gasteiger partial charge on any atom is 0.170 e. The summed E-state index contributed by atoms with van der Waals surface area (Å²) in [6, 6.07) is 8.44. The average molecular weight is 213 g/mol. The maximum absolute atomic E-state index is 11.7. The van der Waals surface area contributed by atoms with Gasteiger partial charge in [-0.05, 0) is 25.0 Å². The molecule has 1 aromatic carbocycles. The first-order valence-corrected chi connectivity index (χ1v) is 5.27. The predicted molar refractivity (Wildman–Crippen MR) is 57.8 cm³/mol. The first-order chi connectivity index (χ1) is 7.70. The molecule has 1 aliphatic rings. The van der Waals surface area contributed by atoms with E-state index in [1.807, 2.05) is 6.07 Å². The summed E-state index contributed by atoms with van der Waals surface area (Å²) in [6.07, 6.45) is 1.81. The number of hydrogen-bond donors (Lipinski definition) is 0. The van der Waals surface area contributed by atoms with E-state index >= 15 is 0 Å². The fourth-order valence-corrected chi connectivity index (χ4v) is 1.57. The predicted octanol–water partition coefficient (Wildman–Crippen LogP) is 2.11. The molecule has 0 spiro atoms. The molecule has 3 nitrogen and oxygen atoms in total. The molecular weight excluding hydrogens is 202 g/mol. The summed E-state index contributed by atoms with van der Waals surface area (Å²) in [5.74, 6) is -0.0375. The van der Waals surface area contributed by atoms with Crippen molar-refractivity contribution in [1.29, 1.82) is 5.26 Å². The smallest absolute Gasteiger partial charge is 0.170 e. The second-order valence-corrected chi connectivity index (χ2v) is 4.03. The van der Waals surface area contributed by atoms with Crippen LogP contribution in [-0.2, 0) is 4.79 Å². The lowest BCUT2D eigenvalue weighted by molar-refractivity contribution is -0.119. The van der Waals surface area contributed by atoms with Crippen LogP contribution in [0.5, 0.6) is 0 Å². The average Bonchev–Trinajstić information content (AvgIpc) is 3.13. The van der Waals surface area contributed by atoms with Crippen molar-refractivity contribution >= 4 is 11.6 Å². The van der Waals surface area contributed by atoms with Crippen LogP contribution in [0.2, 0.25) is 0 Å². The monoisotopic (exact) mass is 213 g/mol. The van der Waals surface area contributed by atoms with Crippen molar-refractivity contribution in [3.05, 3.63) is 35.4 Å². The van der Waals surface area contributed by atoms with Gasteiger partial charge in [-0.1, -0.05) is 12.1 Å². The number of nitrogens with zero attached hydrogens (tertiary/aromatic N) is 1. The number of Topliss-reactive ketones (excluding diaryl/α,β-unsaturated/α-hetero) is 2. The normalized spacial score (nSPS) is 14.2. The molecule has 0 unspecified atom stereocenters. The topological polar surface area (TPSA) is 57.9 Å². The number of carbonyl (C=O) groups is 2. The summed E-state index contributed by atoms with van der Waals surface area (Å²) < 4.78 is 0.